The van der Waals surface area contributed by atoms with Crippen molar-refractivity contribution in [3.05, 3.63) is 18.5 Å². The molecule has 0 aliphatic heterocycles. The van der Waals surface area contributed by atoms with Gasteiger partial charge in [-0.2, -0.15) is 0 Å². The van der Waals surface area contributed by atoms with Gasteiger partial charge in [0.15, 0.2) is 0 Å². The molecule has 1 aliphatic rings. The van der Waals surface area contributed by atoms with Crippen LogP contribution in [0.4, 0.5) is 11.4 Å². The summed E-state index contributed by atoms with van der Waals surface area (Å²) in [7, 11) is 1.72. The fraction of sp³-hybridized carbons (Fsp3) is 0.545. The summed E-state index contributed by atoms with van der Waals surface area (Å²) in [5.41, 5.74) is 7.75. The number of rotatable bonds is 5. The average molecular weight is 207 g/mol. The molecule has 1 aliphatic carbocycles. The summed E-state index contributed by atoms with van der Waals surface area (Å²) >= 11 is 0. The van der Waals surface area contributed by atoms with Crippen LogP contribution in [0.2, 0.25) is 0 Å². The van der Waals surface area contributed by atoms with Crippen LogP contribution in [-0.2, 0) is 4.74 Å². The minimum Gasteiger partial charge on any atom is -0.396 e. The topological polar surface area (TPSA) is 51.4 Å². The van der Waals surface area contributed by atoms with Gasteiger partial charge in [0.1, 0.15) is 0 Å². The summed E-state index contributed by atoms with van der Waals surface area (Å²) in [6.07, 6.45) is 6.00. The molecule has 0 aromatic carbocycles. The third-order valence-electron chi connectivity index (χ3n) is 2.66. The van der Waals surface area contributed by atoms with E-state index in [0.29, 0.717) is 6.04 Å². The first-order valence-electron chi connectivity index (χ1n) is 5.28. The molecule has 4 nitrogen and oxygen atoms in total. The van der Waals surface area contributed by atoms with Gasteiger partial charge in [0, 0.05) is 25.9 Å². The lowest BCUT2D eigenvalue weighted by Crippen LogP contribution is -2.30. The number of nitrogen functional groups attached to an aromatic ring is 1. The minimum absolute atomic E-state index is 0.643. The maximum absolute atomic E-state index is 5.91. The van der Waals surface area contributed by atoms with Crippen molar-refractivity contribution in [2.45, 2.75) is 18.9 Å². The summed E-state index contributed by atoms with van der Waals surface area (Å²) in [5, 5.41) is 0. The van der Waals surface area contributed by atoms with Crippen molar-refractivity contribution in [3.63, 3.8) is 0 Å². The number of methoxy groups -OCH3 is 1. The largest absolute Gasteiger partial charge is 0.396 e. The Morgan fingerprint density at radius 1 is 1.60 bits per heavy atom. The van der Waals surface area contributed by atoms with E-state index in [9.17, 15) is 0 Å². The number of nitrogens with two attached hydrogens (primary N) is 1. The zero-order valence-corrected chi connectivity index (χ0v) is 9.02. The molecule has 15 heavy (non-hydrogen) atoms. The molecule has 82 valence electrons. The van der Waals surface area contributed by atoms with Crippen LogP contribution in [0.25, 0.3) is 0 Å². The third kappa shape index (κ3) is 2.39. The fourth-order valence-corrected chi connectivity index (χ4v) is 1.74. The number of hydrogen-bond donors (Lipinski definition) is 1. The van der Waals surface area contributed by atoms with E-state index < -0.39 is 0 Å². The second kappa shape index (κ2) is 4.49. The van der Waals surface area contributed by atoms with Gasteiger partial charge in [-0.25, -0.2) is 0 Å². The van der Waals surface area contributed by atoms with Gasteiger partial charge >= 0.3 is 0 Å². The van der Waals surface area contributed by atoms with Crippen molar-refractivity contribution in [2.24, 2.45) is 0 Å². The number of anilines is 2. The zero-order chi connectivity index (χ0) is 10.7. The molecule has 1 heterocycles. The predicted octanol–water partition coefficient (Wildman–Crippen LogP) is 1.28. The lowest BCUT2D eigenvalue weighted by Gasteiger charge is -2.25. The maximum Gasteiger partial charge on any atom is 0.0738 e. The van der Waals surface area contributed by atoms with E-state index in [2.05, 4.69) is 9.88 Å². The first-order valence-corrected chi connectivity index (χ1v) is 5.28. The third-order valence-corrected chi connectivity index (χ3v) is 2.66. The SMILES string of the molecule is COCCN(c1ccncc1N)C1CC1. The van der Waals surface area contributed by atoms with E-state index >= 15 is 0 Å². The predicted molar refractivity (Wildman–Crippen MR) is 60.9 cm³/mol. The van der Waals surface area contributed by atoms with Gasteiger partial charge in [-0.1, -0.05) is 0 Å². The second-order valence-corrected chi connectivity index (χ2v) is 3.85. The minimum atomic E-state index is 0.643. The van der Waals surface area contributed by atoms with Gasteiger partial charge < -0.3 is 15.4 Å². The van der Waals surface area contributed by atoms with E-state index in [1.165, 1.54) is 12.8 Å². The van der Waals surface area contributed by atoms with E-state index in [1.807, 2.05) is 6.07 Å². The highest BCUT2D eigenvalue weighted by atomic mass is 16.5. The Morgan fingerprint density at radius 3 is 3.00 bits per heavy atom. The normalized spacial score (nSPS) is 15.3. The maximum atomic E-state index is 5.91. The van der Waals surface area contributed by atoms with Crippen molar-refractivity contribution in [3.8, 4) is 0 Å². The van der Waals surface area contributed by atoms with E-state index in [0.717, 1.165) is 24.5 Å². The molecule has 1 aromatic rings. The molecule has 0 saturated heterocycles. The number of aromatic nitrogens is 1. The molecule has 0 amide bonds. The van der Waals surface area contributed by atoms with Crippen molar-refractivity contribution >= 4 is 11.4 Å². The van der Waals surface area contributed by atoms with Crippen LogP contribution in [0.5, 0.6) is 0 Å². The molecule has 0 radical (unpaired) electrons. The highest BCUT2D eigenvalue weighted by molar-refractivity contribution is 5.66. The molecule has 1 aromatic heterocycles. The fourth-order valence-electron chi connectivity index (χ4n) is 1.74. The smallest absolute Gasteiger partial charge is 0.0738 e. The summed E-state index contributed by atoms with van der Waals surface area (Å²) in [4.78, 5) is 6.32. The molecule has 1 fully saturated rings. The lowest BCUT2D eigenvalue weighted by atomic mass is 10.3. The Labute approximate surface area is 90.0 Å². The van der Waals surface area contributed by atoms with Crippen LogP contribution >= 0.6 is 0 Å². The van der Waals surface area contributed by atoms with Gasteiger partial charge in [-0.05, 0) is 18.9 Å². The summed E-state index contributed by atoms with van der Waals surface area (Å²) in [5.74, 6) is 0. The summed E-state index contributed by atoms with van der Waals surface area (Å²) in [6, 6.07) is 2.62. The van der Waals surface area contributed by atoms with Gasteiger partial charge in [-0.3, -0.25) is 4.98 Å². The van der Waals surface area contributed by atoms with E-state index in [1.54, 1.807) is 19.5 Å². The van der Waals surface area contributed by atoms with Crippen LogP contribution in [0, 0.1) is 0 Å². The van der Waals surface area contributed by atoms with Crippen molar-refractivity contribution in [1.82, 2.24) is 4.98 Å². The van der Waals surface area contributed by atoms with E-state index in [-0.39, 0.29) is 0 Å². The Morgan fingerprint density at radius 2 is 2.40 bits per heavy atom. The Balaban J connectivity index is 2.13. The number of pyridine rings is 1. The quantitative estimate of drug-likeness (QED) is 0.790. The van der Waals surface area contributed by atoms with Crippen LogP contribution in [0.15, 0.2) is 18.5 Å². The van der Waals surface area contributed by atoms with Crippen LogP contribution < -0.4 is 10.6 Å². The van der Waals surface area contributed by atoms with Gasteiger partial charge in [-0.15, -0.1) is 0 Å². The van der Waals surface area contributed by atoms with E-state index in [4.69, 9.17) is 10.5 Å². The zero-order valence-electron chi connectivity index (χ0n) is 9.02. The molecule has 0 unspecified atom stereocenters. The molecule has 1 saturated carbocycles. The van der Waals surface area contributed by atoms with Crippen LogP contribution in [-0.4, -0.2) is 31.3 Å². The average Bonchev–Trinajstić information content (AvgIpc) is 3.05. The lowest BCUT2D eigenvalue weighted by molar-refractivity contribution is 0.205. The summed E-state index contributed by atoms with van der Waals surface area (Å²) in [6.45, 7) is 1.63. The second-order valence-electron chi connectivity index (χ2n) is 3.85. The molecule has 0 spiro atoms. The molecule has 4 heteroatoms. The highest BCUT2D eigenvalue weighted by Crippen LogP contribution is 2.33. The number of nitrogens with zero attached hydrogens (tertiary/aromatic N) is 2. The van der Waals surface area contributed by atoms with Gasteiger partial charge in [0.05, 0.1) is 24.2 Å². The number of hydrogen-bond acceptors (Lipinski definition) is 4. The Bertz CT molecular complexity index is 325. The molecule has 0 bridgehead atoms. The molecule has 0 atom stereocenters. The standard InChI is InChI=1S/C11H17N3O/c1-15-7-6-14(9-2-3-9)11-4-5-13-8-10(11)12/h4-5,8-9H,2-3,6-7,12H2,1H3. The van der Waals surface area contributed by atoms with Gasteiger partial charge in [0.2, 0.25) is 0 Å². The van der Waals surface area contributed by atoms with Gasteiger partial charge in [0.25, 0.3) is 0 Å². The van der Waals surface area contributed by atoms with Crippen molar-refractivity contribution in [2.75, 3.05) is 30.9 Å². The molecule has 2 N–H and O–H groups in total. The van der Waals surface area contributed by atoms with Crippen molar-refractivity contribution in [1.29, 1.82) is 0 Å². The molecular formula is C11H17N3O. The van der Waals surface area contributed by atoms with Crippen LogP contribution in [0.1, 0.15) is 12.8 Å². The van der Waals surface area contributed by atoms with Crippen LogP contribution in [0.3, 0.4) is 0 Å². The number of ether oxygens (including phenoxy) is 1. The Hall–Kier alpha value is -1.29. The molecule has 2 rings (SSSR count). The summed E-state index contributed by atoms with van der Waals surface area (Å²) < 4.78 is 5.11. The first kappa shape index (κ1) is 10.2. The Kier molecular flexibility index (Phi) is 3.06. The monoisotopic (exact) mass is 207 g/mol. The first-order chi connectivity index (χ1) is 7.33. The molecular weight excluding hydrogens is 190 g/mol. The highest BCUT2D eigenvalue weighted by Gasteiger charge is 2.29. The van der Waals surface area contributed by atoms with Crippen molar-refractivity contribution < 1.29 is 4.74 Å².